The summed E-state index contributed by atoms with van der Waals surface area (Å²) < 4.78 is 1.93. The maximum Gasteiger partial charge on any atom is 0.264 e. The van der Waals surface area contributed by atoms with Crippen LogP contribution in [0.5, 0.6) is 0 Å². The normalized spacial score (nSPS) is 14.9. The molecule has 7 nitrogen and oxygen atoms in total. The Hall–Kier alpha value is -2.42. The van der Waals surface area contributed by atoms with Crippen molar-refractivity contribution < 1.29 is 9.59 Å². The van der Waals surface area contributed by atoms with Gasteiger partial charge in [0.1, 0.15) is 4.83 Å². The Labute approximate surface area is 190 Å². The predicted octanol–water partition coefficient (Wildman–Crippen LogP) is 2.95. The molecule has 31 heavy (non-hydrogen) atoms. The molecule has 3 aromatic rings. The fourth-order valence-electron chi connectivity index (χ4n) is 3.71. The van der Waals surface area contributed by atoms with Crippen molar-refractivity contribution in [2.45, 2.75) is 13.5 Å². The van der Waals surface area contributed by atoms with Crippen LogP contribution in [0.1, 0.15) is 20.9 Å². The topological polar surface area (TPSA) is 61.7 Å². The molecule has 0 atom stereocenters. The minimum atomic E-state index is 0.0449. The lowest BCUT2D eigenvalue weighted by molar-refractivity contribution is -0.130. The zero-order chi connectivity index (χ0) is 22.1. The van der Waals surface area contributed by atoms with Crippen LogP contribution < -0.4 is 0 Å². The average Bonchev–Trinajstić information content (AvgIpc) is 3.31. The van der Waals surface area contributed by atoms with Crippen LogP contribution in [0, 0.1) is 6.92 Å². The number of thiophene rings is 1. The van der Waals surface area contributed by atoms with Crippen molar-refractivity contribution in [2.24, 2.45) is 0 Å². The molecule has 0 spiro atoms. The Bertz CT molecular complexity index is 1110. The summed E-state index contributed by atoms with van der Waals surface area (Å²) in [6.45, 7) is 5.58. The second-order valence-electron chi connectivity index (χ2n) is 8.02. The lowest BCUT2D eigenvalue weighted by Crippen LogP contribution is -2.50. The first kappa shape index (κ1) is 21.8. The first-order valence-corrected chi connectivity index (χ1v) is 11.4. The first-order valence-electron chi connectivity index (χ1n) is 10.3. The number of piperazine rings is 1. The van der Waals surface area contributed by atoms with Gasteiger partial charge in [0.25, 0.3) is 5.91 Å². The number of carbonyl (C=O) groups excluding carboxylic acids is 2. The Morgan fingerprint density at radius 1 is 1.16 bits per heavy atom. The standard InChI is InChI=1S/C22H26ClN5O2S/c1-15-17-12-19(21(30)27-10-8-26(9-11-27)14-20(29)25(2)3)31-22(17)28(24-15)13-16-6-4-5-7-18(16)23/h4-7,12H,8-11,13-14H2,1-3H3. The van der Waals surface area contributed by atoms with Crippen molar-refractivity contribution in [1.82, 2.24) is 24.5 Å². The van der Waals surface area contributed by atoms with Crippen LogP contribution in [0.2, 0.25) is 5.02 Å². The van der Waals surface area contributed by atoms with Crippen LogP contribution in [0.3, 0.4) is 0 Å². The number of hydrogen-bond donors (Lipinski definition) is 0. The smallest absolute Gasteiger partial charge is 0.264 e. The molecule has 0 N–H and O–H groups in total. The zero-order valence-electron chi connectivity index (χ0n) is 18.0. The second kappa shape index (κ2) is 8.98. The van der Waals surface area contributed by atoms with E-state index in [0.717, 1.165) is 26.4 Å². The van der Waals surface area contributed by atoms with E-state index in [2.05, 4.69) is 10.00 Å². The van der Waals surface area contributed by atoms with Gasteiger partial charge in [0.2, 0.25) is 5.91 Å². The maximum atomic E-state index is 13.1. The molecule has 2 aromatic heterocycles. The van der Waals surface area contributed by atoms with Gasteiger partial charge in [-0.15, -0.1) is 11.3 Å². The fraction of sp³-hybridized carbons (Fsp3) is 0.409. The molecule has 1 aliphatic rings. The number of carbonyl (C=O) groups is 2. The van der Waals surface area contributed by atoms with E-state index in [0.29, 0.717) is 44.3 Å². The molecule has 1 fully saturated rings. The molecule has 1 aliphatic heterocycles. The van der Waals surface area contributed by atoms with Crippen LogP contribution in [0.4, 0.5) is 0 Å². The summed E-state index contributed by atoms with van der Waals surface area (Å²) in [6, 6.07) is 9.69. The highest BCUT2D eigenvalue weighted by Gasteiger charge is 2.26. The summed E-state index contributed by atoms with van der Waals surface area (Å²) in [7, 11) is 3.52. The summed E-state index contributed by atoms with van der Waals surface area (Å²) in [5.41, 5.74) is 1.91. The fourth-order valence-corrected chi connectivity index (χ4v) is 5.04. The third kappa shape index (κ3) is 4.61. The van der Waals surface area contributed by atoms with Crippen LogP contribution in [-0.4, -0.2) is 83.1 Å². The first-order chi connectivity index (χ1) is 14.8. The van der Waals surface area contributed by atoms with Gasteiger partial charge in [0, 0.05) is 50.7 Å². The quantitative estimate of drug-likeness (QED) is 0.588. The molecule has 1 saturated heterocycles. The number of rotatable bonds is 5. The summed E-state index contributed by atoms with van der Waals surface area (Å²) >= 11 is 7.80. The van der Waals surface area contributed by atoms with E-state index in [4.69, 9.17) is 11.6 Å². The van der Waals surface area contributed by atoms with Crippen molar-refractivity contribution in [3.8, 4) is 0 Å². The predicted molar refractivity (Wildman–Crippen MR) is 124 cm³/mol. The number of nitrogens with zero attached hydrogens (tertiary/aromatic N) is 5. The third-order valence-corrected chi connectivity index (χ3v) is 7.12. The van der Waals surface area contributed by atoms with Crippen LogP contribution in [0.15, 0.2) is 30.3 Å². The molecular weight excluding hydrogens is 434 g/mol. The number of likely N-dealkylation sites (N-methyl/N-ethyl adjacent to an activating group) is 1. The number of aromatic nitrogens is 2. The van der Waals surface area contributed by atoms with Gasteiger partial charge in [0.05, 0.1) is 23.7 Å². The largest absolute Gasteiger partial charge is 0.348 e. The Morgan fingerprint density at radius 2 is 1.87 bits per heavy atom. The number of benzene rings is 1. The highest BCUT2D eigenvalue weighted by molar-refractivity contribution is 7.20. The van der Waals surface area contributed by atoms with Gasteiger partial charge in [-0.2, -0.15) is 5.10 Å². The zero-order valence-corrected chi connectivity index (χ0v) is 19.5. The highest BCUT2D eigenvalue weighted by atomic mass is 35.5. The summed E-state index contributed by atoms with van der Waals surface area (Å²) in [5.74, 6) is 0.131. The highest BCUT2D eigenvalue weighted by Crippen LogP contribution is 2.30. The molecule has 3 heterocycles. The van der Waals surface area contributed by atoms with E-state index >= 15 is 0 Å². The van der Waals surface area contributed by atoms with E-state index in [-0.39, 0.29) is 11.8 Å². The van der Waals surface area contributed by atoms with E-state index in [1.165, 1.54) is 11.3 Å². The monoisotopic (exact) mass is 459 g/mol. The van der Waals surface area contributed by atoms with Gasteiger partial charge in [0.15, 0.2) is 0 Å². The molecule has 0 bridgehead atoms. The molecular formula is C22H26ClN5O2S. The number of aryl methyl sites for hydroxylation is 1. The van der Waals surface area contributed by atoms with Crippen molar-refractivity contribution >= 4 is 45.0 Å². The molecule has 9 heteroatoms. The van der Waals surface area contributed by atoms with Gasteiger partial charge < -0.3 is 9.80 Å². The molecule has 1 aromatic carbocycles. The molecule has 4 rings (SSSR count). The average molecular weight is 460 g/mol. The lowest BCUT2D eigenvalue weighted by Gasteiger charge is -2.34. The van der Waals surface area contributed by atoms with Crippen molar-refractivity contribution in [3.63, 3.8) is 0 Å². The number of halogens is 1. The SMILES string of the molecule is Cc1nn(Cc2ccccc2Cl)c2sc(C(=O)N3CCN(CC(=O)N(C)C)CC3)cc12. The number of amides is 2. The lowest BCUT2D eigenvalue weighted by atomic mass is 10.2. The second-order valence-corrected chi connectivity index (χ2v) is 9.46. The van der Waals surface area contributed by atoms with E-state index in [1.807, 2.05) is 46.8 Å². The van der Waals surface area contributed by atoms with E-state index in [9.17, 15) is 9.59 Å². The molecule has 164 valence electrons. The molecule has 0 radical (unpaired) electrons. The molecule has 2 amide bonds. The van der Waals surface area contributed by atoms with Crippen molar-refractivity contribution in [2.75, 3.05) is 46.8 Å². The Morgan fingerprint density at radius 3 is 2.55 bits per heavy atom. The van der Waals surface area contributed by atoms with Gasteiger partial charge in [-0.1, -0.05) is 29.8 Å². The maximum absolute atomic E-state index is 13.1. The van der Waals surface area contributed by atoms with Crippen molar-refractivity contribution in [1.29, 1.82) is 0 Å². The van der Waals surface area contributed by atoms with E-state index in [1.54, 1.807) is 19.0 Å². The van der Waals surface area contributed by atoms with Crippen LogP contribution in [-0.2, 0) is 11.3 Å². The minimum absolute atomic E-state index is 0.0449. The van der Waals surface area contributed by atoms with Gasteiger partial charge >= 0.3 is 0 Å². The summed E-state index contributed by atoms with van der Waals surface area (Å²) in [5, 5.41) is 6.37. The van der Waals surface area contributed by atoms with Crippen LogP contribution in [0.25, 0.3) is 10.2 Å². The Kier molecular flexibility index (Phi) is 6.31. The van der Waals surface area contributed by atoms with E-state index < -0.39 is 0 Å². The third-order valence-electron chi connectivity index (χ3n) is 5.61. The minimum Gasteiger partial charge on any atom is -0.348 e. The van der Waals surface area contributed by atoms with Crippen molar-refractivity contribution in [3.05, 3.63) is 51.5 Å². The number of hydrogen-bond acceptors (Lipinski definition) is 5. The van der Waals surface area contributed by atoms with Gasteiger partial charge in [-0.3, -0.25) is 19.2 Å². The van der Waals surface area contributed by atoms with Crippen LogP contribution >= 0.6 is 22.9 Å². The molecule has 0 saturated carbocycles. The summed E-state index contributed by atoms with van der Waals surface area (Å²) in [6.07, 6.45) is 0. The molecule has 0 unspecified atom stereocenters. The van der Waals surface area contributed by atoms with Gasteiger partial charge in [-0.25, -0.2) is 0 Å². The van der Waals surface area contributed by atoms with Gasteiger partial charge in [-0.05, 0) is 24.6 Å². The molecule has 0 aliphatic carbocycles. The summed E-state index contributed by atoms with van der Waals surface area (Å²) in [4.78, 5) is 32.3. The number of fused-ring (bicyclic) bond motifs is 1. The Balaban J connectivity index is 1.47.